The van der Waals surface area contributed by atoms with Gasteiger partial charge in [-0.05, 0) is 35.4 Å². The summed E-state index contributed by atoms with van der Waals surface area (Å²) in [5.74, 6) is 1.92. The van der Waals surface area contributed by atoms with Crippen molar-refractivity contribution >= 4 is 11.3 Å². The van der Waals surface area contributed by atoms with E-state index in [0.29, 0.717) is 0 Å². The quantitative estimate of drug-likeness (QED) is 0.598. The van der Waals surface area contributed by atoms with Crippen LogP contribution in [0.2, 0.25) is 0 Å². The van der Waals surface area contributed by atoms with Crippen LogP contribution in [0.25, 0.3) is 5.57 Å². The maximum absolute atomic E-state index is 8.49. The summed E-state index contributed by atoms with van der Waals surface area (Å²) in [5, 5.41) is 0. The number of allylic oxidation sites excluding steroid dienone is 10. The molecule has 0 bridgehead atoms. The van der Waals surface area contributed by atoms with Crippen molar-refractivity contribution in [1.82, 2.24) is 0 Å². The van der Waals surface area contributed by atoms with Crippen molar-refractivity contribution in [3.63, 3.8) is 0 Å². The molecular formula is C23H26ClNO5. The molecule has 1 aliphatic carbocycles. The van der Waals surface area contributed by atoms with Crippen LogP contribution >= 0.6 is 0 Å². The second-order valence-electron chi connectivity index (χ2n) is 8.01. The second-order valence-corrected chi connectivity index (χ2v) is 8.77. The first-order valence-electron chi connectivity index (χ1n) is 9.28. The van der Waals surface area contributed by atoms with Gasteiger partial charge in [0.1, 0.15) is 25.6 Å². The van der Waals surface area contributed by atoms with Crippen molar-refractivity contribution in [3.8, 4) is 5.75 Å². The Bertz CT molecular complexity index is 942. The van der Waals surface area contributed by atoms with Crippen LogP contribution in [0, 0.1) is 15.7 Å². The van der Waals surface area contributed by atoms with E-state index in [1.54, 1.807) is 0 Å². The average molecular weight is 432 g/mol. The Morgan fingerprint density at radius 2 is 1.47 bits per heavy atom. The molecule has 2 aliphatic rings. The Hall–Kier alpha value is -2.48. The zero-order valence-electron chi connectivity index (χ0n) is 17.7. The van der Waals surface area contributed by atoms with E-state index in [2.05, 4.69) is 94.1 Å². The molecule has 0 radical (unpaired) electrons. The number of benzene rings is 1. The highest BCUT2D eigenvalue weighted by Gasteiger charge is 2.25. The zero-order valence-corrected chi connectivity index (χ0v) is 18.5. The van der Waals surface area contributed by atoms with E-state index in [1.807, 2.05) is 12.1 Å². The second kappa shape index (κ2) is 9.55. The third-order valence-corrected chi connectivity index (χ3v) is 4.31. The number of nitrogens with zero attached hydrogens (tertiary/aromatic N) is 1. The minimum absolute atomic E-state index is 0.0278. The van der Waals surface area contributed by atoms with E-state index in [9.17, 15) is 0 Å². The van der Waals surface area contributed by atoms with E-state index in [0.717, 1.165) is 17.1 Å². The third kappa shape index (κ3) is 7.40. The Labute approximate surface area is 179 Å². The lowest BCUT2D eigenvalue weighted by Crippen LogP contribution is -2.68. The highest BCUT2D eigenvalue weighted by Crippen LogP contribution is 2.39. The Morgan fingerprint density at radius 3 is 2.00 bits per heavy atom. The van der Waals surface area contributed by atoms with Gasteiger partial charge >= 0.3 is 0 Å². The van der Waals surface area contributed by atoms with Crippen LogP contribution in [0.5, 0.6) is 5.75 Å². The Kier molecular flexibility index (Phi) is 7.58. The summed E-state index contributed by atoms with van der Waals surface area (Å²) in [6.07, 6.45) is 15.1. The van der Waals surface area contributed by atoms with Gasteiger partial charge in [0.2, 0.25) is 0 Å². The first kappa shape index (κ1) is 23.8. The summed E-state index contributed by atoms with van der Waals surface area (Å²) in [5.41, 5.74) is 4.68. The van der Waals surface area contributed by atoms with Crippen molar-refractivity contribution in [2.75, 3.05) is 14.1 Å². The molecule has 160 valence electrons. The molecule has 0 saturated heterocycles. The van der Waals surface area contributed by atoms with Gasteiger partial charge in [-0.1, -0.05) is 51.1 Å². The van der Waals surface area contributed by atoms with Crippen molar-refractivity contribution in [2.24, 2.45) is 5.41 Å². The van der Waals surface area contributed by atoms with Gasteiger partial charge in [-0.15, -0.1) is 10.2 Å². The molecule has 1 heterocycles. The van der Waals surface area contributed by atoms with E-state index < -0.39 is 10.2 Å². The lowest BCUT2D eigenvalue weighted by molar-refractivity contribution is -2.00. The van der Waals surface area contributed by atoms with Crippen LogP contribution in [0.15, 0.2) is 78.1 Å². The monoisotopic (exact) mass is 431 g/mol. The molecule has 1 aromatic carbocycles. The molecule has 0 unspecified atom stereocenters. The van der Waals surface area contributed by atoms with Gasteiger partial charge in [-0.25, -0.2) is 23.2 Å². The van der Waals surface area contributed by atoms with Gasteiger partial charge in [0, 0.05) is 23.1 Å². The highest BCUT2D eigenvalue weighted by atomic mass is 35.7. The molecule has 3 rings (SSSR count). The van der Waals surface area contributed by atoms with E-state index >= 15 is 0 Å². The van der Waals surface area contributed by atoms with Crippen LogP contribution in [-0.2, 0) is 0 Å². The lowest BCUT2D eigenvalue weighted by atomic mass is 9.89. The number of halogens is 1. The van der Waals surface area contributed by atoms with Crippen LogP contribution < -0.4 is 23.4 Å². The van der Waals surface area contributed by atoms with Crippen molar-refractivity contribution < 1.29 is 38.2 Å². The number of hydrogen-bond acceptors (Lipinski definition) is 5. The van der Waals surface area contributed by atoms with Gasteiger partial charge in [-0.2, -0.15) is 0 Å². The average Bonchev–Trinajstić information content (AvgIpc) is 2.64. The van der Waals surface area contributed by atoms with Crippen molar-refractivity contribution in [2.45, 2.75) is 20.8 Å². The Balaban J connectivity index is 0.000000575. The predicted octanol–water partition coefficient (Wildman–Crippen LogP) is 0.402. The highest BCUT2D eigenvalue weighted by molar-refractivity contribution is 6.02. The molecule has 0 amide bonds. The normalized spacial score (nSPS) is 17.0. The van der Waals surface area contributed by atoms with Crippen LogP contribution in [-0.4, -0.2) is 24.4 Å². The largest absolute Gasteiger partial charge is 0.461 e. The molecule has 0 spiro atoms. The first-order chi connectivity index (χ1) is 13.8. The molecule has 0 atom stereocenters. The predicted molar refractivity (Wildman–Crippen MR) is 106 cm³/mol. The molecule has 0 saturated carbocycles. The summed E-state index contributed by atoms with van der Waals surface area (Å²) in [4.78, 5) is 0. The topological polar surface area (TPSA) is 104 Å². The smallest absolute Gasteiger partial charge is 0.199 e. The standard InChI is InChI=1S/C23H26NO.ClHO4/c1-23(2,3)22-16-18(20-8-6-7-9-21(20)25-22)13-10-17-11-14-19(15-12-17)24(4)5;2-1(3,4)5/h6-16H,1-5H3;(H,2,3,4,5)/q+1;/p-1. The lowest BCUT2D eigenvalue weighted by Gasteiger charge is -2.28. The van der Waals surface area contributed by atoms with E-state index in [4.69, 9.17) is 23.4 Å². The van der Waals surface area contributed by atoms with Crippen LogP contribution in [0.3, 0.4) is 0 Å². The minimum Gasteiger partial charge on any atom is -0.461 e. The van der Waals surface area contributed by atoms with Crippen LogP contribution in [0.4, 0.5) is 0 Å². The molecule has 0 fully saturated rings. The zero-order chi connectivity index (χ0) is 22.5. The first-order valence-corrected chi connectivity index (χ1v) is 10.5. The number of hydrogen-bond donors (Lipinski definition) is 0. The van der Waals surface area contributed by atoms with E-state index in [1.165, 1.54) is 16.9 Å². The fourth-order valence-electron chi connectivity index (χ4n) is 2.74. The molecule has 30 heavy (non-hydrogen) atoms. The third-order valence-electron chi connectivity index (χ3n) is 4.31. The SMILES string of the molecule is C[N+](C)=C1C=CC(=CC=C2C=C(C(C)(C)C)Oc3ccccc32)C=C1.[O-][Cl+3]([O-])([O-])[O-]. The van der Waals surface area contributed by atoms with Gasteiger partial charge in [0.25, 0.3) is 0 Å². The molecular weight excluding hydrogens is 406 g/mol. The van der Waals surface area contributed by atoms with Gasteiger partial charge < -0.3 is 4.74 Å². The minimum atomic E-state index is -4.94. The summed E-state index contributed by atoms with van der Waals surface area (Å²) in [7, 11) is -0.836. The number of rotatable bonds is 1. The van der Waals surface area contributed by atoms with Crippen molar-refractivity contribution in [1.29, 1.82) is 0 Å². The molecule has 6 nitrogen and oxygen atoms in total. The van der Waals surface area contributed by atoms with Gasteiger partial charge in [0.05, 0.1) is 0 Å². The van der Waals surface area contributed by atoms with Crippen molar-refractivity contribution in [3.05, 3.63) is 83.7 Å². The number of ether oxygens (including phenoxy) is 1. The fourth-order valence-corrected chi connectivity index (χ4v) is 2.74. The Morgan fingerprint density at radius 1 is 0.900 bits per heavy atom. The molecule has 7 heteroatoms. The summed E-state index contributed by atoms with van der Waals surface area (Å²) in [6, 6.07) is 8.22. The fraction of sp³-hybridized carbons (Fsp3) is 0.261. The van der Waals surface area contributed by atoms with E-state index in [-0.39, 0.29) is 5.41 Å². The number of fused-ring (bicyclic) bond motifs is 1. The maximum atomic E-state index is 8.49. The number of para-hydroxylation sites is 1. The molecule has 1 aliphatic heterocycles. The summed E-state index contributed by atoms with van der Waals surface area (Å²) in [6.45, 7) is 6.52. The molecule has 0 N–H and O–H groups in total. The summed E-state index contributed by atoms with van der Waals surface area (Å²) < 4.78 is 42.2. The van der Waals surface area contributed by atoms with Gasteiger partial charge in [-0.3, -0.25) is 0 Å². The van der Waals surface area contributed by atoms with Gasteiger partial charge in [0.15, 0.2) is 5.71 Å². The maximum Gasteiger partial charge on any atom is 0.199 e. The summed E-state index contributed by atoms with van der Waals surface area (Å²) >= 11 is 0. The van der Waals surface area contributed by atoms with Crippen LogP contribution in [0.1, 0.15) is 26.3 Å². The molecule has 0 aromatic heterocycles. The molecule has 1 aromatic rings.